The molecule has 2 aromatic carbocycles. The van der Waals surface area contributed by atoms with Gasteiger partial charge in [-0.15, -0.1) is 0 Å². The van der Waals surface area contributed by atoms with Gasteiger partial charge in [0.15, 0.2) is 9.84 Å². The van der Waals surface area contributed by atoms with Crippen LogP contribution in [0, 0.1) is 19.7 Å². The standard InChI is InChI=1S/C20H24FNO3S/c1-14-8-9-15(2)18(10-14)13-26(24,25)16(3)20(23)22(4)12-17-6-5-7-19(21)11-17/h5-11,16H,12-13H2,1-4H3/t16-/m1/s1. The molecule has 4 nitrogen and oxygen atoms in total. The first-order chi connectivity index (χ1) is 12.1. The molecule has 0 unspecified atom stereocenters. The number of carbonyl (C=O) groups excluding carboxylic acids is 1. The molecule has 0 aliphatic carbocycles. The lowest BCUT2D eigenvalue weighted by molar-refractivity contribution is -0.129. The van der Waals surface area contributed by atoms with Crippen LogP contribution in [0.5, 0.6) is 0 Å². The lowest BCUT2D eigenvalue weighted by atomic mass is 10.1. The Morgan fingerprint density at radius 2 is 1.85 bits per heavy atom. The molecule has 0 aliphatic heterocycles. The molecule has 0 heterocycles. The van der Waals surface area contributed by atoms with Crippen LogP contribution in [0.25, 0.3) is 0 Å². The molecule has 0 saturated heterocycles. The number of nitrogens with zero attached hydrogens (tertiary/aromatic N) is 1. The van der Waals surface area contributed by atoms with Crippen molar-refractivity contribution >= 4 is 15.7 Å². The Labute approximate surface area is 154 Å². The Balaban J connectivity index is 2.13. The van der Waals surface area contributed by atoms with Crippen molar-refractivity contribution in [2.45, 2.75) is 38.3 Å². The number of hydrogen-bond donors (Lipinski definition) is 0. The maximum atomic E-state index is 13.3. The van der Waals surface area contributed by atoms with Crippen LogP contribution in [0.1, 0.15) is 29.2 Å². The van der Waals surface area contributed by atoms with E-state index in [-0.39, 0.29) is 18.1 Å². The van der Waals surface area contributed by atoms with Crippen molar-refractivity contribution in [1.82, 2.24) is 4.90 Å². The van der Waals surface area contributed by atoms with Gasteiger partial charge in [0.1, 0.15) is 11.1 Å². The summed E-state index contributed by atoms with van der Waals surface area (Å²) in [4.78, 5) is 13.9. The average molecular weight is 377 g/mol. The molecule has 6 heteroatoms. The van der Waals surface area contributed by atoms with Gasteiger partial charge in [0.2, 0.25) is 5.91 Å². The first-order valence-corrected chi connectivity index (χ1v) is 10.1. The first kappa shape index (κ1) is 20.1. The van der Waals surface area contributed by atoms with Gasteiger partial charge in [-0.05, 0) is 49.6 Å². The number of rotatable bonds is 6. The average Bonchev–Trinajstić information content (AvgIpc) is 2.56. The maximum Gasteiger partial charge on any atom is 0.240 e. The van der Waals surface area contributed by atoms with Gasteiger partial charge in [-0.25, -0.2) is 12.8 Å². The number of hydrogen-bond acceptors (Lipinski definition) is 3. The van der Waals surface area contributed by atoms with Crippen molar-refractivity contribution in [2.75, 3.05) is 7.05 Å². The Bertz CT molecular complexity index is 909. The molecule has 0 fully saturated rings. The highest BCUT2D eigenvalue weighted by Crippen LogP contribution is 2.18. The lowest BCUT2D eigenvalue weighted by Crippen LogP contribution is -2.39. The largest absolute Gasteiger partial charge is 0.340 e. The lowest BCUT2D eigenvalue weighted by Gasteiger charge is -2.22. The van der Waals surface area contributed by atoms with Crippen LogP contribution >= 0.6 is 0 Å². The van der Waals surface area contributed by atoms with E-state index in [1.807, 2.05) is 32.0 Å². The van der Waals surface area contributed by atoms with Gasteiger partial charge < -0.3 is 4.90 Å². The van der Waals surface area contributed by atoms with Gasteiger partial charge in [0.25, 0.3) is 0 Å². The molecule has 0 saturated carbocycles. The minimum atomic E-state index is -3.66. The molecule has 1 amide bonds. The second-order valence-corrected chi connectivity index (χ2v) is 9.03. The highest BCUT2D eigenvalue weighted by Gasteiger charge is 2.30. The molecule has 140 valence electrons. The van der Waals surface area contributed by atoms with Crippen LogP contribution in [-0.4, -0.2) is 31.5 Å². The maximum absolute atomic E-state index is 13.3. The van der Waals surface area contributed by atoms with E-state index >= 15 is 0 Å². The summed E-state index contributed by atoms with van der Waals surface area (Å²) in [6.07, 6.45) is 0. The normalized spacial score (nSPS) is 12.7. The van der Waals surface area contributed by atoms with E-state index in [0.29, 0.717) is 11.1 Å². The molecule has 1 atom stereocenters. The van der Waals surface area contributed by atoms with E-state index in [2.05, 4.69) is 0 Å². The van der Waals surface area contributed by atoms with Crippen LogP contribution in [0.3, 0.4) is 0 Å². The van der Waals surface area contributed by atoms with Gasteiger partial charge in [0, 0.05) is 13.6 Å². The zero-order valence-corrected chi connectivity index (χ0v) is 16.3. The summed E-state index contributed by atoms with van der Waals surface area (Å²) < 4.78 is 38.7. The summed E-state index contributed by atoms with van der Waals surface area (Å²) in [5, 5.41) is -1.17. The van der Waals surface area contributed by atoms with Crippen molar-refractivity contribution in [2.24, 2.45) is 0 Å². The molecule has 0 aromatic heterocycles. The second-order valence-electron chi connectivity index (χ2n) is 6.70. The topological polar surface area (TPSA) is 54.5 Å². The number of amides is 1. The zero-order valence-electron chi connectivity index (χ0n) is 15.5. The summed E-state index contributed by atoms with van der Waals surface area (Å²) in [5.74, 6) is -1.07. The Morgan fingerprint density at radius 3 is 2.50 bits per heavy atom. The molecule has 0 radical (unpaired) electrons. The Morgan fingerprint density at radius 1 is 1.15 bits per heavy atom. The fourth-order valence-electron chi connectivity index (χ4n) is 2.75. The highest BCUT2D eigenvalue weighted by atomic mass is 32.2. The number of sulfone groups is 1. The zero-order chi connectivity index (χ0) is 19.5. The number of carbonyl (C=O) groups is 1. The summed E-state index contributed by atoms with van der Waals surface area (Å²) in [6, 6.07) is 11.5. The number of aryl methyl sites for hydroxylation is 2. The van der Waals surface area contributed by atoms with Gasteiger partial charge in [-0.3, -0.25) is 4.79 Å². The van der Waals surface area contributed by atoms with Crippen molar-refractivity contribution in [3.63, 3.8) is 0 Å². The third-order valence-corrected chi connectivity index (χ3v) is 6.43. The second kappa shape index (κ2) is 7.99. The molecule has 0 spiro atoms. The number of benzene rings is 2. The highest BCUT2D eigenvalue weighted by molar-refractivity contribution is 7.92. The van der Waals surface area contributed by atoms with E-state index in [0.717, 1.165) is 11.1 Å². The van der Waals surface area contributed by atoms with Gasteiger partial charge in [-0.2, -0.15) is 0 Å². The quantitative estimate of drug-likeness (QED) is 0.775. The predicted molar refractivity (Wildman–Crippen MR) is 101 cm³/mol. The summed E-state index contributed by atoms with van der Waals surface area (Å²) in [6.45, 7) is 5.31. The molecular formula is C20H24FNO3S. The third-order valence-electron chi connectivity index (χ3n) is 4.43. The molecule has 2 aromatic rings. The van der Waals surface area contributed by atoms with Crippen LogP contribution in [-0.2, 0) is 26.9 Å². The SMILES string of the molecule is Cc1ccc(C)c(CS(=O)(=O)[C@H](C)C(=O)N(C)Cc2cccc(F)c2)c1. The van der Waals surface area contributed by atoms with Crippen molar-refractivity contribution in [3.05, 3.63) is 70.5 Å². The molecule has 0 N–H and O–H groups in total. The Hall–Kier alpha value is -2.21. The Kier molecular flexibility index (Phi) is 6.18. The summed E-state index contributed by atoms with van der Waals surface area (Å²) in [7, 11) is -2.14. The first-order valence-electron chi connectivity index (χ1n) is 8.37. The molecular weight excluding hydrogens is 353 g/mol. The predicted octanol–water partition coefficient (Wildman–Crippen LogP) is 3.40. The van der Waals surface area contributed by atoms with Crippen LogP contribution in [0.2, 0.25) is 0 Å². The van der Waals surface area contributed by atoms with Crippen molar-refractivity contribution in [1.29, 1.82) is 0 Å². The van der Waals surface area contributed by atoms with Crippen molar-refractivity contribution in [3.8, 4) is 0 Å². The molecule has 0 aliphatic rings. The van der Waals surface area contributed by atoms with Gasteiger partial charge >= 0.3 is 0 Å². The van der Waals surface area contributed by atoms with E-state index in [1.165, 1.54) is 31.0 Å². The molecule has 2 rings (SSSR count). The van der Waals surface area contributed by atoms with Gasteiger partial charge in [0.05, 0.1) is 5.75 Å². The van der Waals surface area contributed by atoms with Crippen LogP contribution in [0.15, 0.2) is 42.5 Å². The smallest absolute Gasteiger partial charge is 0.240 e. The monoisotopic (exact) mass is 377 g/mol. The summed E-state index contributed by atoms with van der Waals surface area (Å²) >= 11 is 0. The van der Waals surface area contributed by atoms with Crippen LogP contribution < -0.4 is 0 Å². The molecule has 26 heavy (non-hydrogen) atoms. The fraction of sp³-hybridized carbons (Fsp3) is 0.350. The van der Waals surface area contributed by atoms with Crippen molar-refractivity contribution < 1.29 is 17.6 Å². The van der Waals surface area contributed by atoms with Crippen LogP contribution in [0.4, 0.5) is 4.39 Å². The fourth-order valence-corrected chi connectivity index (χ4v) is 4.23. The van der Waals surface area contributed by atoms with E-state index < -0.39 is 21.0 Å². The van der Waals surface area contributed by atoms with Gasteiger partial charge in [-0.1, -0.05) is 35.9 Å². The van der Waals surface area contributed by atoms with E-state index in [9.17, 15) is 17.6 Å². The van der Waals surface area contributed by atoms with E-state index in [1.54, 1.807) is 12.1 Å². The minimum Gasteiger partial charge on any atom is -0.340 e. The number of halogens is 1. The summed E-state index contributed by atoms with van der Waals surface area (Å²) in [5.41, 5.74) is 3.17. The minimum absolute atomic E-state index is 0.153. The van der Waals surface area contributed by atoms with E-state index in [4.69, 9.17) is 0 Å². The molecule has 0 bridgehead atoms. The third kappa shape index (κ3) is 4.91.